The largest absolute Gasteiger partial charge is 0.467 e. The van der Waals surface area contributed by atoms with Crippen LogP contribution in [-0.2, 0) is 18.0 Å². The lowest BCUT2D eigenvalue weighted by Crippen LogP contribution is -2.22. The number of amides is 1. The highest BCUT2D eigenvalue weighted by molar-refractivity contribution is 5.98. The first-order chi connectivity index (χ1) is 15.5. The van der Waals surface area contributed by atoms with E-state index in [1.807, 2.05) is 0 Å². The van der Waals surface area contributed by atoms with Crippen LogP contribution in [0.25, 0.3) is 11.0 Å². The normalized spacial score (nSPS) is 11.8. The number of hydrogen-bond donors (Lipinski definition) is 1. The third-order valence-electron chi connectivity index (χ3n) is 4.74. The first kappa shape index (κ1) is 21.2. The van der Waals surface area contributed by atoms with Gasteiger partial charge in [0.2, 0.25) is 0 Å². The number of carbonyl (C=O) groups is 1. The van der Waals surface area contributed by atoms with Crippen LogP contribution in [0.1, 0.15) is 41.0 Å². The molecule has 0 spiro atoms. The van der Waals surface area contributed by atoms with E-state index < -0.39 is 6.55 Å². The lowest BCUT2D eigenvalue weighted by molar-refractivity contribution is 0.0736. The molecule has 1 N–H and O–H groups in total. The lowest BCUT2D eigenvalue weighted by atomic mass is 10.1. The van der Waals surface area contributed by atoms with Gasteiger partial charge in [0.1, 0.15) is 18.1 Å². The molecule has 9 heteroatoms. The third kappa shape index (κ3) is 4.66. The fourth-order valence-corrected chi connectivity index (χ4v) is 3.23. The SMILES string of the molecule is C/C(=N/OCc1cccc(C(=O)NCc2ccco2)c1)c1nc2ccccc2n1C(F)F. The molecule has 0 bridgehead atoms. The number of hydrogen-bond acceptors (Lipinski definition) is 5. The summed E-state index contributed by atoms with van der Waals surface area (Å²) >= 11 is 0. The first-order valence-corrected chi connectivity index (χ1v) is 9.84. The molecule has 0 saturated heterocycles. The van der Waals surface area contributed by atoms with E-state index in [9.17, 15) is 13.6 Å². The van der Waals surface area contributed by atoms with Crippen molar-refractivity contribution in [2.75, 3.05) is 0 Å². The van der Waals surface area contributed by atoms with Crippen molar-refractivity contribution in [1.29, 1.82) is 0 Å². The number of furan rings is 1. The van der Waals surface area contributed by atoms with Crippen LogP contribution in [0, 0.1) is 0 Å². The minimum atomic E-state index is -2.76. The summed E-state index contributed by atoms with van der Waals surface area (Å²) in [5.74, 6) is 0.429. The van der Waals surface area contributed by atoms with Gasteiger partial charge in [0.05, 0.1) is 23.8 Å². The minimum absolute atomic E-state index is 0.0345. The summed E-state index contributed by atoms with van der Waals surface area (Å²) in [6.45, 7) is -0.871. The molecular weight excluding hydrogens is 418 g/mol. The number of alkyl halides is 2. The zero-order valence-corrected chi connectivity index (χ0v) is 17.2. The molecule has 0 radical (unpaired) electrons. The van der Waals surface area contributed by atoms with Gasteiger partial charge in [-0.1, -0.05) is 29.4 Å². The van der Waals surface area contributed by atoms with E-state index in [-0.39, 0.29) is 30.6 Å². The summed E-state index contributed by atoms with van der Waals surface area (Å²) in [6, 6.07) is 17.0. The van der Waals surface area contributed by atoms with E-state index in [2.05, 4.69) is 15.5 Å². The van der Waals surface area contributed by atoms with Crippen LogP contribution in [0.2, 0.25) is 0 Å². The van der Waals surface area contributed by atoms with Crippen LogP contribution in [-0.4, -0.2) is 21.2 Å². The number of rotatable bonds is 8. The Morgan fingerprint density at radius 3 is 2.81 bits per heavy atom. The van der Waals surface area contributed by atoms with Gasteiger partial charge in [-0.15, -0.1) is 0 Å². The van der Waals surface area contributed by atoms with Crippen molar-refractivity contribution in [3.05, 3.63) is 89.6 Å². The number of imidazole rings is 1. The topological polar surface area (TPSA) is 81.7 Å². The Labute approximate surface area is 182 Å². The Morgan fingerprint density at radius 1 is 1.19 bits per heavy atom. The Bertz CT molecular complexity index is 1250. The van der Waals surface area contributed by atoms with Crippen molar-refractivity contribution in [2.24, 2.45) is 5.16 Å². The van der Waals surface area contributed by atoms with Crippen LogP contribution >= 0.6 is 0 Å². The van der Waals surface area contributed by atoms with Gasteiger partial charge in [-0.3, -0.25) is 9.36 Å². The number of oxime groups is 1. The highest BCUT2D eigenvalue weighted by Crippen LogP contribution is 2.23. The van der Waals surface area contributed by atoms with E-state index >= 15 is 0 Å². The van der Waals surface area contributed by atoms with Crippen LogP contribution in [0.4, 0.5) is 8.78 Å². The number of fused-ring (bicyclic) bond motifs is 1. The molecular formula is C23H20F2N4O3. The highest BCUT2D eigenvalue weighted by Gasteiger charge is 2.19. The molecule has 32 heavy (non-hydrogen) atoms. The van der Waals surface area contributed by atoms with Gasteiger partial charge < -0.3 is 14.6 Å². The quantitative estimate of drug-likeness (QED) is 0.314. The second-order valence-corrected chi connectivity index (χ2v) is 6.98. The predicted octanol–water partition coefficient (Wildman–Crippen LogP) is 4.90. The van der Waals surface area contributed by atoms with Gasteiger partial charge in [-0.2, -0.15) is 8.78 Å². The Balaban J connectivity index is 1.43. The highest BCUT2D eigenvalue weighted by atomic mass is 19.3. The monoisotopic (exact) mass is 438 g/mol. The van der Waals surface area contributed by atoms with Gasteiger partial charge in [0, 0.05) is 5.56 Å². The lowest BCUT2D eigenvalue weighted by Gasteiger charge is -2.08. The Hall–Kier alpha value is -4.01. The van der Waals surface area contributed by atoms with Crippen molar-refractivity contribution in [2.45, 2.75) is 26.6 Å². The van der Waals surface area contributed by atoms with E-state index in [1.54, 1.807) is 67.6 Å². The van der Waals surface area contributed by atoms with Gasteiger partial charge in [0.25, 0.3) is 5.91 Å². The molecule has 7 nitrogen and oxygen atoms in total. The smallest absolute Gasteiger partial charge is 0.320 e. The second-order valence-electron chi connectivity index (χ2n) is 6.98. The number of halogens is 2. The Morgan fingerprint density at radius 2 is 2.03 bits per heavy atom. The van der Waals surface area contributed by atoms with Crippen molar-refractivity contribution in [1.82, 2.24) is 14.9 Å². The molecule has 4 aromatic rings. The summed E-state index contributed by atoms with van der Waals surface area (Å²) in [4.78, 5) is 22.0. The molecule has 2 aromatic carbocycles. The van der Waals surface area contributed by atoms with Crippen molar-refractivity contribution < 1.29 is 22.8 Å². The molecule has 1 amide bonds. The first-order valence-electron chi connectivity index (χ1n) is 9.84. The van der Waals surface area contributed by atoms with Gasteiger partial charge >= 0.3 is 6.55 Å². The zero-order chi connectivity index (χ0) is 22.5. The predicted molar refractivity (Wildman–Crippen MR) is 114 cm³/mol. The number of aromatic nitrogens is 2. The Kier molecular flexibility index (Phi) is 6.25. The maximum atomic E-state index is 13.6. The van der Waals surface area contributed by atoms with Crippen molar-refractivity contribution in [3.8, 4) is 0 Å². The van der Waals surface area contributed by atoms with E-state index in [0.29, 0.717) is 27.9 Å². The molecule has 0 saturated carbocycles. The average Bonchev–Trinajstić information content (AvgIpc) is 3.45. The third-order valence-corrected chi connectivity index (χ3v) is 4.74. The molecule has 0 unspecified atom stereocenters. The summed E-state index contributed by atoms with van der Waals surface area (Å²) < 4.78 is 33.2. The minimum Gasteiger partial charge on any atom is -0.467 e. The number of nitrogens with zero attached hydrogens (tertiary/aromatic N) is 3. The van der Waals surface area contributed by atoms with Crippen LogP contribution in [0.3, 0.4) is 0 Å². The number of nitrogens with one attached hydrogen (secondary N) is 1. The van der Waals surface area contributed by atoms with Gasteiger partial charge in [-0.25, -0.2) is 4.98 Å². The summed E-state index contributed by atoms with van der Waals surface area (Å²) in [6.07, 6.45) is 1.54. The molecule has 0 fully saturated rings. The fraction of sp³-hybridized carbons (Fsp3) is 0.174. The number of benzene rings is 2. The van der Waals surface area contributed by atoms with Crippen molar-refractivity contribution in [3.63, 3.8) is 0 Å². The molecule has 4 rings (SSSR count). The van der Waals surface area contributed by atoms with E-state index in [1.165, 1.54) is 6.26 Å². The summed E-state index contributed by atoms with van der Waals surface area (Å²) in [5.41, 5.74) is 2.15. The molecule has 0 atom stereocenters. The van der Waals surface area contributed by atoms with E-state index in [4.69, 9.17) is 9.25 Å². The molecule has 2 heterocycles. The number of carbonyl (C=O) groups excluding carboxylic acids is 1. The van der Waals surface area contributed by atoms with Crippen LogP contribution < -0.4 is 5.32 Å². The fourth-order valence-electron chi connectivity index (χ4n) is 3.23. The molecule has 0 aliphatic carbocycles. The molecule has 164 valence electrons. The summed E-state index contributed by atoms with van der Waals surface area (Å²) in [7, 11) is 0. The maximum absolute atomic E-state index is 13.6. The van der Waals surface area contributed by atoms with Gasteiger partial charge in [0.15, 0.2) is 5.82 Å². The van der Waals surface area contributed by atoms with E-state index in [0.717, 1.165) is 4.57 Å². The average molecular weight is 438 g/mol. The number of para-hydroxylation sites is 2. The molecule has 0 aliphatic heterocycles. The summed E-state index contributed by atoms with van der Waals surface area (Å²) in [5, 5.41) is 6.73. The second kappa shape index (κ2) is 9.42. The molecule has 2 aromatic heterocycles. The maximum Gasteiger partial charge on any atom is 0.320 e. The van der Waals surface area contributed by atoms with Crippen molar-refractivity contribution >= 4 is 22.7 Å². The van der Waals surface area contributed by atoms with Crippen LogP contribution in [0.5, 0.6) is 0 Å². The van der Waals surface area contributed by atoms with Gasteiger partial charge in [-0.05, 0) is 48.9 Å². The van der Waals surface area contributed by atoms with Crippen LogP contribution in [0.15, 0.2) is 76.5 Å². The molecule has 0 aliphatic rings. The standard InChI is InChI=1S/C23H20F2N4O3/c1-15(21-27-19-9-2-3-10-20(19)29(21)23(24)25)28-32-14-16-6-4-7-17(12-16)22(30)26-13-18-8-5-11-31-18/h2-12,23H,13-14H2,1H3,(H,26,30)/b28-15-. The zero-order valence-electron chi connectivity index (χ0n) is 17.2.